The number of fused-ring (bicyclic) bond motifs is 1. The molecule has 2 aromatic heterocycles. The van der Waals surface area contributed by atoms with E-state index in [9.17, 15) is 14.4 Å². The highest BCUT2D eigenvalue weighted by Gasteiger charge is 2.17. The van der Waals surface area contributed by atoms with Gasteiger partial charge in [-0.3, -0.25) is 18.7 Å². The lowest BCUT2D eigenvalue weighted by molar-refractivity contribution is 0.667. The van der Waals surface area contributed by atoms with Crippen LogP contribution in [-0.4, -0.2) is 25.5 Å². The second-order valence-electron chi connectivity index (χ2n) is 4.63. The summed E-state index contributed by atoms with van der Waals surface area (Å²) in [6.07, 6.45) is 0.805. The summed E-state index contributed by atoms with van der Waals surface area (Å²) >= 11 is 0. The topological polar surface area (TPSA) is 90.9 Å². The predicted molar refractivity (Wildman–Crippen MR) is 76.2 cm³/mol. The highest BCUT2D eigenvalue weighted by atomic mass is 16.2. The smallest absolute Gasteiger partial charge is 0.332 e. The van der Waals surface area contributed by atoms with E-state index in [4.69, 9.17) is 0 Å². The van der Waals surface area contributed by atoms with E-state index in [1.54, 1.807) is 0 Å². The fraction of sp³-hybridized carbons (Fsp3) is 0.500. The van der Waals surface area contributed by atoms with E-state index in [1.807, 2.05) is 6.92 Å². The van der Waals surface area contributed by atoms with Crippen molar-refractivity contribution >= 4 is 16.7 Å². The van der Waals surface area contributed by atoms with Gasteiger partial charge in [-0.05, 0) is 6.42 Å². The van der Waals surface area contributed by atoms with E-state index in [0.29, 0.717) is 6.54 Å². The van der Waals surface area contributed by atoms with E-state index in [1.165, 1.54) is 25.7 Å². The van der Waals surface area contributed by atoms with Gasteiger partial charge in [0.05, 0.1) is 0 Å². The number of rotatable bonds is 3. The fourth-order valence-electron chi connectivity index (χ4n) is 2.04. The molecule has 0 unspecified atom stereocenters. The molecule has 0 bridgehead atoms. The Balaban J connectivity index is 3.04. The fourth-order valence-corrected chi connectivity index (χ4v) is 2.04. The Morgan fingerprint density at radius 1 is 1.05 bits per heavy atom. The molecule has 8 nitrogen and oxygen atoms in total. The van der Waals surface area contributed by atoms with Gasteiger partial charge in [0.15, 0.2) is 5.65 Å². The van der Waals surface area contributed by atoms with Crippen molar-refractivity contribution in [2.75, 3.05) is 11.9 Å². The molecule has 0 saturated heterocycles. The minimum Gasteiger partial charge on any atom is -0.380 e. The maximum atomic E-state index is 12.3. The van der Waals surface area contributed by atoms with E-state index >= 15 is 0 Å². The minimum absolute atomic E-state index is 0.145. The van der Waals surface area contributed by atoms with Crippen LogP contribution in [0.15, 0.2) is 14.4 Å². The van der Waals surface area contributed by atoms with Crippen molar-refractivity contribution < 1.29 is 0 Å². The normalized spacial score (nSPS) is 11.0. The molecule has 0 aliphatic rings. The van der Waals surface area contributed by atoms with Gasteiger partial charge in [-0.25, -0.2) is 9.48 Å². The molecule has 0 atom stereocenters. The summed E-state index contributed by atoms with van der Waals surface area (Å²) in [6.45, 7) is 2.51. The van der Waals surface area contributed by atoms with E-state index < -0.39 is 11.2 Å². The Morgan fingerprint density at radius 2 is 1.70 bits per heavy atom. The van der Waals surface area contributed by atoms with Gasteiger partial charge < -0.3 is 5.32 Å². The summed E-state index contributed by atoms with van der Waals surface area (Å²) in [7, 11) is 4.39. The zero-order valence-electron chi connectivity index (χ0n) is 11.9. The number of aryl methyl sites for hydroxylation is 2. The molecule has 108 valence electrons. The molecule has 0 aliphatic carbocycles. The summed E-state index contributed by atoms with van der Waals surface area (Å²) < 4.78 is 3.35. The van der Waals surface area contributed by atoms with Crippen molar-refractivity contribution in [2.45, 2.75) is 13.3 Å². The lowest BCUT2D eigenvalue weighted by Crippen LogP contribution is -2.39. The molecule has 8 heteroatoms. The van der Waals surface area contributed by atoms with Gasteiger partial charge >= 0.3 is 5.69 Å². The summed E-state index contributed by atoms with van der Waals surface area (Å²) in [4.78, 5) is 36.3. The SMILES string of the molecule is CCCNc1c(=O)n(C)nc2c1c(=O)n(C)c(=O)n2C. The number of nitrogens with one attached hydrogen (secondary N) is 1. The van der Waals surface area contributed by atoms with Crippen LogP contribution < -0.4 is 22.1 Å². The van der Waals surface area contributed by atoms with Crippen LogP contribution in [0.1, 0.15) is 13.3 Å². The van der Waals surface area contributed by atoms with Gasteiger partial charge in [0, 0.05) is 27.7 Å². The van der Waals surface area contributed by atoms with Gasteiger partial charge in [-0.15, -0.1) is 0 Å². The second kappa shape index (κ2) is 4.95. The van der Waals surface area contributed by atoms with Crippen LogP contribution in [0.3, 0.4) is 0 Å². The van der Waals surface area contributed by atoms with Crippen LogP contribution in [0.5, 0.6) is 0 Å². The lowest BCUT2D eigenvalue weighted by atomic mass is 10.3. The molecule has 0 aliphatic heterocycles. The molecule has 2 rings (SSSR count). The Labute approximate surface area is 114 Å². The van der Waals surface area contributed by atoms with Crippen LogP contribution in [0.2, 0.25) is 0 Å². The first-order chi connectivity index (χ1) is 9.40. The Hall–Kier alpha value is -2.38. The highest BCUT2D eigenvalue weighted by Crippen LogP contribution is 2.11. The van der Waals surface area contributed by atoms with Gasteiger partial charge in [0.1, 0.15) is 11.1 Å². The summed E-state index contributed by atoms with van der Waals surface area (Å²) in [6, 6.07) is 0. The van der Waals surface area contributed by atoms with Crippen molar-refractivity contribution in [3.05, 3.63) is 31.2 Å². The Bertz CT molecular complexity index is 843. The minimum atomic E-state index is -0.521. The van der Waals surface area contributed by atoms with Crippen LogP contribution >= 0.6 is 0 Å². The molecule has 0 amide bonds. The van der Waals surface area contributed by atoms with Crippen LogP contribution in [0.4, 0.5) is 5.69 Å². The average molecular weight is 279 g/mol. The molecule has 0 radical (unpaired) electrons. The first-order valence-electron chi connectivity index (χ1n) is 6.31. The lowest BCUT2D eigenvalue weighted by Gasteiger charge is -2.12. The van der Waals surface area contributed by atoms with Gasteiger partial charge in [-0.1, -0.05) is 6.92 Å². The largest absolute Gasteiger partial charge is 0.380 e. The molecular weight excluding hydrogens is 262 g/mol. The number of hydrogen-bond acceptors (Lipinski definition) is 5. The maximum Gasteiger partial charge on any atom is 0.332 e. The van der Waals surface area contributed by atoms with Crippen LogP contribution in [-0.2, 0) is 21.1 Å². The number of anilines is 1. The molecular formula is C12H17N5O3. The third-order valence-corrected chi connectivity index (χ3v) is 3.19. The predicted octanol–water partition coefficient (Wildman–Crippen LogP) is -0.847. The Morgan fingerprint density at radius 3 is 2.30 bits per heavy atom. The molecule has 2 heterocycles. The van der Waals surface area contributed by atoms with Crippen LogP contribution in [0.25, 0.3) is 11.0 Å². The van der Waals surface area contributed by atoms with Gasteiger partial charge in [0.25, 0.3) is 11.1 Å². The second-order valence-corrected chi connectivity index (χ2v) is 4.63. The monoisotopic (exact) mass is 279 g/mol. The number of nitrogens with zero attached hydrogens (tertiary/aromatic N) is 4. The standard InChI is InChI=1S/C12H17N5O3/c1-5-6-13-8-7-9(14-17(4)11(8)19)15(2)12(20)16(3)10(7)18/h13H,5-6H2,1-4H3. The average Bonchev–Trinajstić information content (AvgIpc) is 2.43. The molecule has 20 heavy (non-hydrogen) atoms. The van der Waals surface area contributed by atoms with Crippen LogP contribution in [0, 0.1) is 0 Å². The third kappa shape index (κ3) is 1.93. The summed E-state index contributed by atoms with van der Waals surface area (Å²) in [5.41, 5.74) is -1.00. The number of aromatic nitrogens is 4. The van der Waals surface area contributed by atoms with Crippen molar-refractivity contribution in [1.29, 1.82) is 0 Å². The van der Waals surface area contributed by atoms with Crippen molar-refractivity contribution in [1.82, 2.24) is 18.9 Å². The van der Waals surface area contributed by atoms with Gasteiger partial charge in [0.2, 0.25) is 0 Å². The Kier molecular flexibility index (Phi) is 3.47. The maximum absolute atomic E-state index is 12.3. The van der Waals surface area contributed by atoms with E-state index in [-0.39, 0.29) is 22.3 Å². The summed E-state index contributed by atoms with van der Waals surface area (Å²) in [5, 5.41) is 7.12. The van der Waals surface area contributed by atoms with E-state index in [2.05, 4.69) is 10.4 Å². The molecule has 0 fully saturated rings. The summed E-state index contributed by atoms with van der Waals surface area (Å²) in [5.74, 6) is 0. The first-order valence-corrected chi connectivity index (χ1v) is 6.31. The quantitative estimate of drug-likeness (QED) is 0.790. The zero-order chi connectivity index (χ0) is 15.0. The zero-order valence-corrected chi connectivity index (χ0v) is 11.9. The van der Waals surface area contributed by atoms with Crippen molar-refractivity contribution in [3.63, 3.8) is 0 Å². The molecule has 0 aromatic carbocycles. The highest BCUT2D eigenvalue weighted by molar-refractivity contribution is 5.87. The molecule has 0 saturated carbocycles. The third-order valence-electron chi connectivity index (χ3n) is 3.19. The van der Waals surface area contributed by atoms with E-state index in [0.717, 1.165) is 15.7 Å². The van der Waals surface area contributed by atoms with Crippen molar-refractivity contribution in [3.8, 4) is 0 Å². The number of hydrogen-bond donors (Lipinski definition) is 1. The first kappa shape index (κ1) is 14.0. The molecule has 2 aromatic rings. The molecule has 0 spiro atoms. The van der Waals surface area contributed by atoms with Gasteiger partial charge in [-0.2, -0.15) is 5.10 Å². The molecule has 1 N–H and O–H groups in total. The van der Waals surface area contributed by atoms with Crippen molar-refractivity contribution in [2.24, 2.45) is 21.1 Å².